The van der Waals surface area contributed by atoms with Crippen molar-refractivity contribution in [3.63, 3.8) is 0 Å². The van der Waals surface area contributed by atoms with Crippen LogP contribution in [0.4, 0.5) is 5.82 Å². The van der Waals surface area contributed by atoms with Gasteiger partial charge in [0.05, 0.1) is 0 Å². The van der Waals surface area contributed by atoms with Crippen LogP contribution in [0.15, 0.2) is 12.3 Å². The van der Waals surface area contributed by atoms with Gasteiger partial charge in [-0.2, -0.15) is 5.10 Å². The lowest BCUT2D eigenvalue weighted by Gasteiger charge is -2.21. The minimum Gasteiger partial charge on any atom is -0.382 e. The highest BCUT2D eigenvalue weighted by Gasteiger charge is 2.29. The van der Waals surface area contributed by atoms with Crippen LogP contribution in [-0.2, 0) is 11.3 Å². The van der Waals surface area contributed by atoms with Gasteiger partial charge < -0.3 is 10.6 Å². The van der Waals surface area contributed by atoms with Gasteiger partial charge in [0.1, 0.15) is 12.4 Å². The standard InChI is InChI=1S/C11H18N4O/c1-8-5-9(2)15(6-8)11(16)7-14-4-3-10(12)13-14/h3-4,8-9H,5-7H2,1-2H3,(H2,12,13). The van der Waals surface area contributed by atoms with Crippen molar-refractivity contribution in [1.82, 2.24) is 14.7 Å². The van der Waals surface area contributed by atoms with E-state index in [9.17, 15) is 4.79 Å². The van der Waals surface area contributed by atoms with Crippen LogP contribution in [-0.4, -0.2) is 33.2 Å². The molecule has 1 aromatic rings. The van der Waals surface area contributed by atoms with Gasteiger partial charge in [0, 0.05) is 18.8 Å². The molecule has 2 unspecified atom stereocenters. The normalized spacial score (nSPS) is 25.0. The number of aromatic nitrogens is 2. The molecule has 0 bridgehead atoms. The van der Waals surface area contributed by atoms with Crippen molar-refractivity contribution >= 4 is 11.7 Å². The van der Waals surface area contributed by atoms with Crippen LogP contribution in [0.3, 0.4) is 0 Å². The first-order chi connectivity index (χ1) is 7.56. The molecule has 0 aromatic carbocycles. The van der Waals surface area contributed by atoms with Crippen molar-refractivity contribution in [2.24, 2.45) is 5.92 Å². The highest BCUT2D eigenvalue weighted by Crippen LogP contribution is 2.22. The van der Waals surface area contributed by atoms with Crippen molar-refractivity contribution in [3.05, 3.63) is 12.3 Å². The van der Waals surface area contributed by atoms with Crippen molar-refractivity contribution in [2.45, 2.75) is 32.9 Å². The fourth-order valence-corrected chi connectivity index (χ4v) is 2.34. The SMILES string of the molecule is CC1CC(C)N(C(=O)Cn2ccc(N)n2)C1. The number of amides is 1. The Morgan fingerprint density at radius 1 is 1.62 bits per heavy atom. The van der Waals surface area contributed by atoms with Crippen molar-refractivity contribution < 1.29 is 4.79 Å². The Hall–Kier alpha value is -1.52. The van der Waals surface area contributed by atoms with Crippen LogP contribution in [0.5, 0.6) is 0 Å². The van der Waals surface area contributed by atoms with Crippen LogP contribution in [0.25, 0.3) is 0 Å². The quantitative estimate of drug-likeness (QED) is 0.802. The Morgan fingerprint density at radius 2 is 2.38 bits per heavy atom. The molecule has 16 heavy (non-hydrogen) atoms. The van der Waals surface area contributed by atoms with Crippen molar-refractivity contribution in [3.8, 4) is 0 Å². The summed E-state index contributed by atoms with van der Waals surface area (Å²) in [5, 5.41) is 4.01. The van der Waals surface area contributed by atoms with E-state index in [-0.39, 0.29) is 12.5 Å². The van der Waals surface area contributed by atoms with Gasteiger partial charge in [-0.05, 0) is 25.3 Å². The Kier molecular flexibility index (Phi) is 2.85. The molecular weight excluding hydrogens is 204 g/mol. The first kappa shape index (κ1) is 11.0. The molecule has 0 radical (unpaired) electrons. The highest BCUT2D eigenvalue weighted by molar-refractivity contribution is 5.76. The summed E-state index contributed by atoms with van der Waals surface area (Å²) in [6.07, 6.45) is 2.82. The van der Waals surface area contributed by atoms with Crippen LogP contribution in [0.2, 0.25) is 0 Å². The summed E-state index contributed by atoms with van der Waals surface area (Å²) in [5.74, 6) is 1.18. The summed E-state index contributed by atoms with van der Waals surface area (Å²) in [5.41, 5.74) is 5.50. The fourth-order valence-electron chi connectivity index (χ4n) is 2.34. The summed E-state index contributed by atoms with van der Waals surface area (Å²) in [6.45, 7) is 5.42. The highest BCUT2D eigenvalue weighted by atomic mass is 16.2. The topological polar surface area (TPSA) is 64.2 Å². The predicted octanol–water partition coefficient (Wildman–Crippen LogP) is 0.722. The summed E-state index contributed by atoms with van der Waals surface area (Å²) >= 11 is 0. The van der Waals surface area contributed by atoms with Gasteiger partial charge in [0.2, 0.25) is 5.91 Å². The van der Waals surface area contributed by atoms with E-state index < -0.39 is 0 Å². The van der Waals surface area contributed by atoms with E-state index in [2.05, 4.69) is 18.9 Å². The van der Waals surface area contributed by atoms with E-state index in [4.69, 9.17) is 5.73 Å². The Bertz CT molecular complexity index is 387. The second-order valence-corrected chi connectivity index (χ2v) is 4.67. The molecule has 1 aliphatic heterocycles. The molecule has 88 valence electrons. The minimum absolute atomic E-state index is 0.125. The summed E-state index contributed by atoms with van der Waals surface area (Å²) in [6, 6.07) is 2.04. The van der Waals surface area contributed by atoms with Gasteiger partial charge in [0.15, 0.2) is 0 Å². The Morgan fingerprint density at radius 3 is 2.88 bits per heavy atom. The van der Waals surface area contributed by atoms with Crippen LogP contribution < -0.4 is 5.73 Å². The van der Waals surface area contributed by atoms with E-state index in [0.717, 1.165) is 13.0 Å². The van der Waals surface area contributed by atoms with Gasteiger partial charge in [-0.1, -0.05) is 6.92 Å². The average Bonchev–Trinajstić information content (AvgIpc) is 2.73. The smallest absolute Gasteiger partial charge is 0.244 e. The molecule has 0 spiro atoms. The molecule has 5 nitrogen and oxygen atoms in total. The maximum atomic E-state index is 12.0. The van der Waals surface area contributed by atoms with Gasteiger partial charge in [-0.25, -0.2) is 0 Å². The molecule has 1 saturated heterocycles. The Labute approximate surface area is 95.2 Å². The molecule has 0 aliphatic carbocycles. The number of hydrogen-bond donors (Lipinski definition) is 1. The minimum atomic E-state index is 0.125. The number of nitrogens with zero attached hydrogens (tertiary/aromatic N) is 3. The summed E-state index contributed by atoms with van der Waals surface area (Å²) < 4.78 is 1.59. The molecule has 1 fully saturated rings. The predicted molar refractivity (Wildman–Crippen MR) is 61.6 cm³/mol. The van der Waals surface area contributed by atoms with Gasteiger partial charge in [0.25, 0.3) is 0 Å². The maximum absolute atomic E-state index is 12.0. The van der Waals surface area contributed by atoms with Crippen LogP contribution in [0, 0.1) is 5.92 Å². The van der Waals surface area contributed by atoms with E-state index in [0.29, 0.717) is 17.8 Å². The zero-order valence-electron chi connectivity index (χ0n) is 9.76. The second-order valence-electron chi connectivity index (χ2n) is 4.67. The first-order valence-corrected chi connectivity index (χ1v) is 5.64. The molecule has 2 atom stereocenters. The lowest BCUT2D eigenvalue weighted by Crippen LogP contribution is -2.36. The van der Waals surface area contributed by atoms with Gasteiger partial charge in [-0.15, -0.1) is 0 Å². The average molecular weight is 222 g/mol. The molecule has 2 N–H and O–H groups in total. The van der Waals surface area contributed by atoms with Gasteiger partial charge in [-0.3, -0.25) is 9.48 Å². The molecule has 5 heteroatoms. The molecule has 2 heterocycles. The zero-order chi connectivity index (χ0) is 11.7. The number of hydrogen-bond acceptors (Lipinski definition) is 3. The van der Waals surface area contributed by atoms with Crippen molar-refractivity contribution in [2.75, 3.05) is 12.3 Å². The second kappa shape index (κ2) is 4.15. The lowest BCUT2D eigenvalue weighted by atomic mass is 10.1. The maximum Gasteiger partial charge on any atom is 0.244 e. The number of rotatable bonds is 2. The molecule has 1 amide bonds. The van der Waals surface area contributed by atoms with E-state index >= 15 is 0 Å². The van der Waals surface area contributed by atoms with Crippen molar-refractivity contribution in [1.29, 1.82) is 0 Å². The number of carbonyl (C=O) groups excluding carboxylic acids is 1. The van der Waals surface area contributed by atoms with E-state index in [1.54, 1.807) is 16.9 Å². The first-order valence-electron chi connectivity index (χ1n) is 5.64. The number of nitrogens with two attached hydrogens (primary N) is 1. The lowest BCUT2D eigenvalue weighted by molar-refractivity contribution is -0.132. The number of likely N-dealkylation sites (tertiary alicyclic amines) is 1. The molecule has 1 aliphatic rings. The zero-order valence-corrected chi connectivity index (χ0v) is 9.76. The monoisotopic (exact) mass is 222 g/mol. The van der Waals surface area contributed by atoms with E-state index in [1.165, 1.54) is 0 Å². The van der Waals surface area contributed by atoms with Gasteiger partial charge >= 0.3 is 0 Å². The number of carbonyl (C=O) groups is 1. The Balaban J connectivity index is 1.98. The summed E-state index contributed by atoms with van der Waals surface area (Å²) in [4.78, 5) is 13.9. The fraction of sp³-hybridized carbons (Fsp3) is 0.636. The third kappa shape index (κ3) is 2.18. The third-order valence-electron chi connectivity index (χ3n) is 3.06. The largest absolute Gasteiger partial charge is 0.382 e. The molecule has 1 aromatic heterocycles. The summed E-state index contributed by atoms with van der Waals surface area (Å²) in [7, 11) is 0. The molecular formula is C11H18N4O. The number of nitrogen functional groups attached to an aromatic ring is 1. The van der Waals surface area contributed by atoms with Crippen LogP contribution >= 0.6 is 0 Å². The van der Waals surface area contributed by atoms with E-state index in [1.807, 2.05) is 4.90 Å². The third-order valence-corrected chi connectivity index (χ3v) is 3.06. The number of anilines is 1. The molecule has 2 rings (SSSR count). The molecule has 0 saturated carbocycles. The van der Waals surface area contributed by atoms with Crippen LogP contribution in [0.1, 0.15) is 20.3 Å².